The monoisotopic (exact) mass is 273 g/mol. The number of rotatable bonds is 3. The molecule has 1 saturated heterocycles. The molecule has 0 radical (unpaired) electrons. The predicted octanol–water partition coefficient (Wildman–Crippen LogP) is 1.93. The Morgan fingerprint density at radius 3 is 3.10 bits per heavy atom. The quantitative estimate of drug-likeness (QED) is 0.885. The van der Waals surface area contributed by atoms with Crippen molar-refractivity contribution >= 4 is 5.91 Å². The molecule has 4 nitrogen and oxygen atoms in total. The van der Waals surface area contributed by atoms with Crippen molar-refractivity contribution in [3.63, 3.8) is 0 Å². The third-order valence-electron chi connectivity index (χ3n) is 4.77. The summed E-state index contributed by atoms with van der Waals surface area (Å²) in [6.45, 7) is 2.62. The minimum Gasteiger partial charge on any atom is -0.351 e. The fraction of sp³-hybridized carbons (Fsp3) is 0.625. The van der Waals surface area contributed by atoms with E-state index in [4.69, 9.17) is 0 Å². The molecule has 1 aromatic heterocycles. The summed E-state index contributed by atoms with van der Waals surface area (Å²) in [5, 5.41) is 6.58. The second kappa shape index (κ2) is 5.92. The van der Waals surface area contributed by atoms with E-state index in [2.05, 4.69) is 15.6 Å². The largest absolute Gasteiger partial charge is 0.351 e. The lowest BCUT2D eigenvalue weighted by Crippen LogP contribution is -2.42. The summed E-state index contributed by atoms with van der Waals surface area (Å²) in [6.07, 6.45) is 9.77. The van der Waals surface area contributed by atoms with E-state index in [1.54, 1.807) is 6.20 Å². The highest BCUT2D eigenvalue weighted by Crippen LogP contribution is 2.33. The smallest absolute Gasteiger partial charge is 0.237 e. The Bertz CT molecular complexity index is 474. The van der Waals surface area contributed by atoms with E-state index in [9.17, 15) is 4.79 Å². The lowest BCUT2D eigenvalue weighted by Gasteiger charge is -2.24. The van der Waals surface area contributed by atoms with Gasteiger partial charge in [0.1, 0.15) is 0 Å². The van der Waals surface area contributed by atoms with E-state index in [1.807, 2.05) is 19.2 Å². The Kier molecular flexibility index (Phi) is 4.01. The van der Waals surface area contributed by atoms with Crippen molar-refractivity contribution in [2.45, 2.75) is 57.7 Å². The van der Waals surface area contributed by atoms with E-state index in [0.717, 1.165) is 17.5 Å². The SMILES string of the molecule is Cc1cnccc1CNC(=O)C1CC2CCCCC2N1. The molecule has 3 unspecified atom stereocenters. The Morgan fingerprint density at radius 2 is 2.30 bits per heavy atom. The zero-order valence-corrected chi connectivity index (χ0v) is 12.1. The Morgan fingerprint density at radius 1 is 1.45 bits per heavy atom. The Labute approximate surface area is 120 Å². The van der Waals surface area contributed by atoms with E-state index >= 15 is 0 Å². The van der Waals surface area contributed by atoms with Gasteiger partial charge in [-0.05, 0) is 49.3 Å². The predicted molar refractivity (Wildman–Crippen MR) is 78.1 cm³/mol. The zero-order valence-electron chi connectivity index (χ0n) is 12.1. The van der Waals surface area contributed by atoms with Crippen LogP contribution in [0, 0.1) is 12.8 Å². The molecular formula is C16H23N3O. The van der Waals surface area contributed by atoms with Gasteiger partial charge < -0.3 is 10.6 Å². The third-order valence-corrected chi connectivity index (χ3v) is 4.77. The fourth-order valence-electron chi connectivity index (χ4n) is 3.53. The van der Waals surface area contributed by atoms with Gasteiger partial charge in [-0.25, -0.2) is 0 Å². The van der Waals surface area contributed by atoms with Crippen LogP contribution in [0.15, 0.2) is 18.5 Å². The van der Waals surface area contributed by atoms with Gasteiger partial charge >= 0.3 is 0 Å². The summed E-state index contributed by atoms with van der Waals surface area (Å²) in [6, 6.07) is 2.55. The summed E-state index contributed by atoms with van der Waals surface area (Å²) < 4.78 is 0. The number of amides is 1. The molecule has 0 spiro atoms. The second-order valence-corrected chi connectivity index (χ2v) is 6.13. The summed E-state index contributed by atoms with van der Waals surface area (Å²) in [5.74, 6) is 0.859. The molecule has 108 valence electrons. The highest BCUT2D eigenvalue weighted by atomic mass is 16.2. The molecule has 20 heavy (non-hydrogen) atoms. The number of aryl methyl sites for hydroxylation is 1. The van der Waals surface area contributed by atoms with Crippen LogP contribution in [0.5, 0.6) is 0 Å². The van der Waals surface area contributed by atoms with Crippen molar-refractivity contribution in [3.05, 3.63) is 29.6 Å². The van der Waals surface area contributed by atoms with Gasteiger partial charge in [-0.15, -0.1) is 0 Å². The minimum atomic E-state index is 0.00485. The highest BCUT2D eigenvalue weighted by Gasteiger charge is 2.37. The molecule has 0 bridgehead atoms. The topological polar surface area (TPSA) is 54.0 Å². The van der Waals surface area contributed by atoms with Crippen LogP contribution in [-0.2, 0) is 11.3 Å². The molecule has 1 aromatic rings. The number of carbonyl (C=O) groups is 1. The maximum Gasteiger partial charge on any atom is 0.237 e. The molecule has 1 aliphatic heterocycles. The lowest BCUT2D eigenvalue weighted by molar-refractivity contribution is -0.123. The molecule has 2 aliphatic rings. The normalized spacial score (nSPS) is 28.9. The Hall–Kier alpha value is -1.42. The first-order valence-corrected chi connectivity index (χ1v) is 7.67. The first kappa shape index (κ1) is 13.6. The first-order valence-electron chi connectivity index (χ1n) is 7.67. The summed E-state index contributed by atoms with van der Waals surface area (Å²) in [4.78, 5) is 16.4. The third kappa shape index (κ3) is 2.85. The maximum absolute atomic E-state index is 12.3. The van der Waals surface area contributed by atoms with Crippen LogP contribution >= 0.6 is 0 Å². The van der Waals surface area contributed by atoms with E-state index in [-0.39, 0.29) is 11.9 Å². The number of pyridine rings is 1. The van der Waals surface area contributed by atoms with E-state index < -0.39 is 0 Å². The van der Waals surface area contributed by atoms with Crippen LogP contribution in [0.4, 0.5) is 0 Å². The van der Waals surface area contributed by atoms with Gasteiger partial charge in [0, 0.05) is 25.0 Å². The molecule has 4 heteroatoms. The summed E-state index contributed by atoms with van der Waals surface area (Å²) in [7, 11) is 0. The van der Waals surface area contributed by atoms with Gasteiger partial charge in [0.05, 0.1) is 6.04 Å². The fourth-order valence-corrected chi connectivity index (χ4v) is 3.53. The molecule has 2 heterocycles. The number of nitrogens with zero attached hydrogens (tertiary/aromatic N) is 1. The first-order chi connectivity index (χ1) is 9.74. The van der Waals surface area contributed by atoms with Crippen LogP contribution in [0.1, 0.15) is 43.2 Å². The van der Waals surface area contributed by atoms with Crippen LogP contribution in [0.2, 0.25) is 0 Å². The molecule has 1 aliphatic carbocycles. The average molecular weight is 273 g/mol. The summed E-state index contributed by atoms with van der Waals surface area (Å²) >= 11 is 0. The van der Waals surface area contributed by atoms with Gasteiger partial charge in [-0.1, -0.05) is 12.8 Å². The lowest BCUT2D eigenvalue weighted by atomic mass is 9.85. The van der Waals surface area contributed by atoms with Crippen LogP contribution in [0.25, 0.3) is 0 Å². The molecule has 0 aromatic carbocycles. The van der Waals surface area contributed by atoms with Crippen LogP contribution in [0.3, 0.4) is 0 Å². The standard InChI is InChI=1S/C16H23N3O/c1-11-9-17-7-6-13(11)10-18-16(20)15-8-12-4-2-3-5-14(12)19-15/h6-7,9,12,14-15,19H,2-5,8,10H2,1H3,(H,18,20). The number of hydrogen-bond donors (Lipinski definition) is 2. The van der Waals surface area contributed by atoms with Gasteiger partial charge in [-0.2, -0.15) is 0 Å². The Balaban J connectivity index is 1.54. The molecule has 1 saturated carbocycles. The molecule has 3 rings (SSSR count). The second-order valence-electron chi connectivity index (χ2n) is 6.13. The molecule has 1 amide bonds. The van der Waals surface area contributed by atoms with Crippen molar-refractivity contribution in [2.75, 3.05) is 0 Å². The number of carbonyl (C=O) groups excluding carboxylic acids is 1. The van der Waals surface area contributed by atoms with Gasteiger partial charge in [0.2, 0.25) is 5.91 Å². The number of aromatic nitrogens is 1. The molecule has 2 N–H and O–H groups in total. The maximum atomic E-state index is 12.3. The van der Waals surface area contributed by atoms with Crippen molar-refractivity contribution in [1.29, 1.82) is 0 Å². The van der Waals surface area contributed by atoms with Gasteiger partial charge in [0.25, 0.3) is 0 Å². The number of fused-ring (bicyclic) bond motifs is 1. The van der Waals surface area contributed by atoms with E-state index in [0.29, 0.717) is 18.5 Å². The van der Waals surface area contributed by atoms with Crippen LogP contribution in [-0.4, -0.2) is 23.0 Å². The van der Waals surface area contributed by atoms with Crippen molar-refractivity contribution < 1.29 is 4.79 Å². The van der Waals surface area contributed by atoms with Crippen LogP contribution < -0.4 is 10.6 Å². The van der Waals surface area contributed by atoms with E-state index in [1.165, 1.54) is 25.7 Å². The molecule has 2 fully saturated rings. The summed E-state index contributed by atoms with van der Waals surface area (Å²) in [5.41, 5.74) is 2.27. The average Bonchev–Trinajstić information content (AvgIpc) is 2.90. The molecular weight excluding hydrogens is 250 g/mol. The van der Waals surface area contributed by atoms with Gasteiger partial charge in [-0.3, -0.25) is 9.78 Å². The highest BCUT2D eigenvalue weighted by molar-refractivity contribution is 5.82. The number of nitrogens with one attached hydrogen (secondary N) is 2. The molecule has 3 atom stereocenters. The van der Waals surface area contributed by atoms with Crippen molar-refractivity contribution in [3.8, 4) is 0 Å². The number of hydrogen-bond acceptors (Lipinski definition) is 3. The minimum absolute atomic E-state index is 0.00485. The van der Waals surface area contributed by atoms with Gasteiger partial charge in [0.15, 0.2) is 0 Å². The zero-order chi connectivity index (χ0) is 13.9. The van der Waals surface area contributed by atoms with Crippen molar-refractivity contribution in [2.24, 2.45) is 5.92 Å². The van der Waals surface area contributed by atoms with Crippen molar-refractivity contribution in [1.82, 2.24) is 15.6 Å².